The summed E-state index contributed by atoms with van der Waals surface area (Å²) in [4.78, 5) is 12.3. The van der Waals surface area contributed by atoms with Gasteiger partial charge in [-0.05, 0) is 60.7 Å². The first-order chi connectivity index (χ1) is 8.95. The van der Waals surface area contributed by atoms with Crippen LogP contribution < -0.4 is 5.32 Å². The number of carbonyl (C=O) groups excluding carboxylic acids is 1. The third-order valence-corrected chi connectivity index (χ3v) is 4.25. The van der Waals surface area contributed by atoms with E-state index in [1.807, 2.05) is 28.6 Å². The normalized spacial score (nSPS) is 12.7. The third kappa shape index (κ3) is 5.22. The van der Waals surface area contributed by atoms with Crippen molar-refractivity contribution < 1.29 is 4.79 Å². The van der Waals surface area contributed by atoms with Gasteiger partial charge >= 0.3 is 0 Å². The summed E-state index contributed by atoms with van der Waals surface area (Å²) in [7, 11) is 0. The van der Waals surface area contributed by atoms with Crippen LogP contribution >= 0.6 is 27.7 Å². The zero-order valence-corrected chi connectivity index (χ0v) is 14.5. The zero-order valence-electron chi connectivity index (χ0n) is 12.1. The molecule has 5 heteroatoms. The number of halogens is 1. The highest BCUT2D eigenvalue weighted by Crippen LogP contribution is 2.19. The lowest BCUT2D eigenvalue weighted by Crippen LogP contribution is -2.34. The third-order valence-electron chi connectivity index (χ3n) is 2.88. The van der Waals surface area contributed by atoms with Crippen LogP contribution in [0.1, 0.15) is 50.6 Å². The van der Waals surface area contributed by atoms with E-state index in [1.54, 1.807) is 0 Å². The Balaban J connectivity index is 2.62. The number of carbonyl (C=O) groups is 1. The Kier molecular flexibility index (Phi) is 7.00. The van der Waals surface area contributed by atoms with E-state index >= 15 is 0 Å². The van der Waals surface area contributed by atoms with Crippen LogP contribution in [0.4, 0.5) is 0 Å². The number of thioether (sulfide) groups is 1. The van der Waals surface area contributed by atoms with E-state index in [9.17, 15) is 4.79 Å². The number of aromatic nitrogens is 1. The van der Waals surface area contributed by atoms with Crippen molar-refractivity contribution in [3.05, 3.63) is 22.4 Å². The summed E-state index contributed by atoms with van der Waals surface area (Å²) in [5, 5.41) is 3.07. The van der Waals surface area contributed by atoms with E-state index in [1.165, 1.54) is 0 Å². The molecule has 0 aliphatic rings. The second-order valence-electron chi connectivity index (χ2n) is 4.90. The highest BCUT2D eigenvalue weighted by molar-refractivity contribution is 9.10. The molecule has 0 aliphatic carbocycles. The fourth-order valence-electron chi connectivity index (χ4n) is 1.83. The SMILES string of the molecule is CCSCCC(C)NC(=O)c1cc(Br)cn1C(C)C. The molecule has 1 aromatic rings. The number of nitrogens with zero attached hydrogens (tertiary/aromatic N) is 1. The fourth-order valence-corrected chi connectivity index (χ4v) is 3.08. The molecule has 1 amide bonds. The monoisotopic (exact) mass is 346 g/mol. The lowest BCUT2D eigenvalue weighted by atomic mass is 10.2. The van der Waals surface area contributed by atoms with E-state index in [0.29, 0.717) is 0 Å². The van der Waals surface area contributed by atoms with Crippen molar-refractivity contribution in [2.24, 2.45) is 0 Å². The lowest BCUT2D eigenvalue weighted by molar-refractivity contribution is 0.0928. The molecule has 3 nitrogen and oxygen atoms in total. The largest absolute Gasteiger partial charge is 0.348 e. The first-order valence-corrected chi connectivity index (χ1v) is 8.66. The van der Waals surface area contributed by atoms with Crippen molar-refractivity contribution >= 4 is 33.6 Å². The van der Waals surface area contributed by atoms with Gasteiger partial charge in [-0.2, -0.15) is 11.8 Å². The molecule has 0 aromatic carbocycles. The Bertz CT molecular complexity index is 418. The maximum atomic E-state index is 12.3. The Morgan fingerprint density at radius 1 is 1.47 bits per heavy atom. The summed E-state index contributed by atoms with van der Waals surface area (Å²) < 4.78 is 2.94. The molecule has 1 atom stereocenters. The van der Waals surface area contributed by atoms with Crippen LogP contribution in [-0.2, 0) is 0 Å². The smallest absolute Gasteiger partial charge is 0.268 e. The second-order valence-corrected chi connectivity index (χ2v) is 7.21. The van der Waals surface area contributed by atoms with Gasteiger partial charge in [-0.3, -0.25) is 4.79 Å². The summed E-state index contributed by atoms with van der Waals surface area (Å²) in [6.07, 6.45) is 2.96. The first-order valence-electron chi connectivity index (χ1n) is 6.71. The van der Waals surface area contributed by atoms with Crippen molar-refractivity contribution in [3.8, 4) is 0 Å². The quantitative estimate of drug-likeness (QED) is 0.754. The zero-order chi connectivity index (χ0) is 14.4. The van der Waals surface area contributed by atoms with Crippen LogP contribution in [0.2, 0.25) is 0 Å². The minimum absolute atomic E-state index is 0.00778. The number of nitrogens with one attached hydrogen (secondary N) is 1. The molecule has 108 valence electrons. The van der Waals surface area contributed by atoms with E-state index in [-0.39, 0.29) is 18.0 Å². The molecule has 0 saturated heterocycles. The molecule has 0 fully saturated rings. The van der Waals surface area contributed by atoms with E-state index in [2.05, 4.69) is 48.9 Å². The van der Waals surface area contributed by atoms with Gasteiger partial charge in [0.15, 0.2) is 0 Å². The van der Waals surface area contributed by atoms with E-state index in [0.717, 1.165) is 28.1 Å². The summed E-state index contributed by atoms with van der Waals surface area (Å²) in [5.41, 5.74) is 0.719. The van der Waals surface area contributed by atoms with Gasteiger partial charge in [0, 0.05) is 22.8 Å². The van der Waals surface area contributed by atoms with Gasteiger partial charge in [-0.15, -0.1) is 0 Å². The maximum absolute atomic E-state index is 12.3. The van der Waals surface area contributed by atoms with Crippen LogP contribution in [0, 0.1) is 0 Å². The van der Waals surface area contributed by atoms with Crippen LogP contribution in [0.5, 0.6) is 0 Å². The molecule has 19 heavy (non-hydrogen) atoms. The van der Waals surface area contributed by atoms with Crippen LogP contribution in [-0.4, -0.2) is 28.0 Å². The molecule has 0 radical (unpaired) electrons. The van der Waals surface area contributed by atoms with Crippen LogP contribution in [0.25, 0.3) is 0 Å². The molecule has 1 heterocycles. The molecule has 1 unspecified atom stereocenters. The van der Waals surface area contributed by atoms with Crippen LogP contribution in [0.3, 0.4) is 0 Å². The van der Waals surface area contributed by atoms with Gasteiger partial charge in [0.2, 0.25) is 0 Å². The molecule has 0 saturated carbocycles. The van der Waals surface area contributed by atoms with E-state index < -0.39 is 0 Å². The Labute approximate surface area is 128 Å². The van der Waals surface area contributed by atoms with Gasteiger partial charge < -0.3 is 9.88 Å². The van der Waals surface area contributed by atoms with Gasteiger partial charge in [-0.25, -0.2) is 0 Å². The summed E-state index contributed by atoms with van der Waals surface area (Å²) in [6, 6.07) is 2.36. The summed E-state index contributed by atoms with van der Waals surface area (Å²) in [5.74, 6) is 2.23. The van der Waals surface area contributed by atoms with E-state index in [4.69, 9.17) is 0 Å². The number of rotatable bonds is 7. The first kappa shape index (κ1) is 16.6. The highest BCUT2D eigenvalue weighted by Gasteiger charge is 2.16. The highest BCUT2D eigenvalue weighted by atomic mass is 79.9. The summed E-state index contributed by atoms with van der Waals surface area (Å²) >= 11 is 5.34. The molecule has 0 aliphatic heterocycles. The van der Waals surface area contributed by atoms with Crippen molar-refractivity contribution in [2.75, 3.05) is 11.5 Å². The van der Waals surface area contributed by atoms with Gasteiger partial charge in [0.1, 0.15) is 5.69 Å². The fraction of sp³-hybridized carbons (Fsp3) is 0.643. The van der Waals surface area contributed by atoms with Crippen molar-refractivity contribution in [1.82, 2.24) is 9.88 Å². The Morgan fingerprint density at radius 3 is 2.74 bits per heavy atom. The topological polar surface area (TPSA) is 34.0 Å². The summed E-state index contributed by atoms with van der Waals surface area (Å²) in [6.45, 7) is 8.36. The minimum Gasteiger partial charge on any atom is -0.348 e. The predicted molar refractivity (Wildman–Crippen MR) is 87.1 cm³/mol. The second kappa shape index (κ2) is 8.00. The standard InChI is InChI=1S/C14H23BrN2OS/c1-5-19-7-6-11(4)16-14(18)13-8-12(15)9-17(13)10(2)3/h8-11H,5-7H2,1-4H3,(H,16,18). The molecule has 0 spiro atoms. The molecular weight excluding hydrogens is 324 g/mol. The van der Waals surface area contributed by atoms with Gasteiger partial charge in [-0.1, -0.05) is 6.92 Å². The van der Waals surface area contributed by atoms with Gasteiger partial charge in [0.25, 0.3) is 5.91 Å². The van der Waals surface area contributed by atoms with Gasteiger partial charge in [0.05, 0.1) is 0 Å². The minimum atomic E-state index is 0.00778. The average molecular weight is 347 g/mol. The molecule has 1 aromatic heterocycles. The average Bonchev–Trinajstić information content (AvgIpc) is 2.72. The number of amides is 1. The molecular formula is C14H23BrN2OS. The maximum Gasteiger partial charge on any atom is 0.268 e. The number of hydrogen-bond donors (Lipinski definition) is 1. The van der Waals surface area contributed by atoms with Crippen molar-refractivity contribution in [2.45, 2.75) is 46.2 Å². The van der Waals surface area contributed by atoms with Crippen molar-refractivity contribution in [3.63, 3.8) is 0 Å². The van der Waals surface area contributed by atoms with Crippen molar-refractivity contribution in [1.29, 1.82) is 0 Å². The Morgan fingerprint density at radius 2 is 2.16 bits per heavy atom. The molecule has 1 N–H and O–H groups in total. The van der Waals surface area contributed by atoms with Crippen LogP contribution in [0.15, 0.2) is 16.7 Å². The molecule has 1 rings (SSSR count). The lowest BCUT2D eigenvalue weighted by Gasteiger charge is -2.16. The molecule has 0 bridgehead atoms. The predicted octanol–water partition coefficient (Wildman–Crippen LogP) is 4.09. The number of hydrogen-bond acceptors (Lipinski definition) is 2. The Hall–Kier alpha value is -0.420.